The van der Waals surface area contributed by atoms with Gasteiger partial charge in [0, 0.05) is 45.2 Å². The Morgan fingerprint density at radius 1 is 1.12 bits per heavy atom. The van der Waals surface area contributed by atoms with E-state index in [1.54, 1.807) is 24.3 Å². The maximum Gasteiger partial charge on any atom is 0.257 e. The van der Waals surface area contributed by atoms with Crippen LogP contribution in [0.2, 0.25) is 10.0 Å². The number of piperidine rings is 1. The van der Waals surface area contributed by atoms with E-state index in [1.807, 2.05) is 61.7 Å². The molecule has 6 rings (SSSR count). The van der Waals surface area contributed by atoms with Crippen molar-refractivity contribution in [1.82, 2.24) is 19.4 Å². The number of methoxy groups -OCH3 is 1. The van der Waals surface area contributed by atoms with E-state index in [1.165, 1.54) is 0 Å². The smallest absolute Gasteiger partial charge is 0.257 e. The van der Waals surface area contributed by atoms with Gasteiger partial charge in [0.05, 0.1) is 40.0 Å². The highest BCUT2D eigenvalue weighted by Gasteiger charge is 2.26. The predicted molar refractivity (Wildman–Crippen MR) is 193 cm³/mol. The van der Waals surface area contributed by atoms with Gasteiger partial charge in [0.2, 0.25) is 5.95 Å². The van der Waals surface area contributed by atoms with Crippen LogP contribution in [0.4, 0.5) is 5.95 Å². The van der Waals surface area contributed by atoms with E-state index in [4.69, 9.17) is 32.9 Å². The Balaban J connectivity index is 1.11. The molecule has 1 N–H and O–H groups in total. The Hall–Kier alpha value is -4.25. The van der Waals surface area contributed by atoms with E-state index in [0.29, 0.717) is 40.5 Å². The maximum atomic E-state index is 13.9. The number of likely N-dealkylation sites (tertiary alicyclic amines) is 1. The predicted octanol–water partition coefficient (Wildman–Crippen LogP) is 7.85. The molecule has 2 aliphatic heterocycles. The number of allylic oxidation sites excluding steroid dienone is 1. The minimum absolute atomic E-state index is 0.0355. The van der Waals surface area contributed by atoms with Gasteiger partial charge in [-0.1, -0.05) is 53.5 Å². The van der Waals surface area contributed by atoms with Crippen LogP contribution < -0.4 is 10.1 Å². The second kappa shape index (κ2) is 15.3. The first-order chi connectivity index (χ1) is 23.3. The Bertz CT molecular complexity index is 1820. The average molecular weight is 688 g/mol. The summed E-state index contributed by atoms with van der Waals surface area (Å²) in [6, 6.07) is 19.5. The van der Waals surface area contributed by atoms with Crippen molar-refractivity contribution in [2.45, 2.75) is 43.8 Å². The van der Waals surface area contributed by atoms with E-state index >= 15 is 0 Å². The molecule has 2 atom stereocenters. The molecule has 250 valence electrons. The minimum atomic E-state index is -0.315. The fourth-order valence-corrected chi connectivity index (χ4v) is 6.81. The van der Waals surface area contributed by atoms with Crippen molar-refractivity contribution in [3.8, 4) is 5.75 Å². The molecule has 1 fully saturated rings. The quantitative estimate of drug-likeness (QED) is 0.144. The first kappa shape index (κ1) is 33.6. The summed E-state index contributed by atoms with van der Waals surface area (Å²) in [5, 5.41) is 16.4. The van der Waals surface area contributed by atoms with Gasteiger partial charge in [-0.25, -0.2) is 4.98 Å². The number of fused-ring (bicyclic) bond motifs is 1. The molecule has 0 saturated carbocycles. The van der Waals surface area contributed by atoms with Crippen LogP contribution >= 0.6 is 23.2 Å². The number of hydrogen-bond donors (Lipinski definition) is 1. The van der Waals surface area contributed by atoms with Crippen LogP contribution in [0.3, 0.4) is 0 Å². The topological polar surface area (TPSA) is 99.7 Å². The number of hydrogen-bond acceptors (Lipinski definition) is 8. The van der Waals surface area contributed by atoms with Crippen LogP contribution in [0.5, 0.6) is 5.75 Å². The number of para-hydroxylation sites is 2. The summed E-state index contributed by atoms with van der Waals surface area (Å²) in [6.07, 6.45) is 6.42. The van der Waals surface area contributed by atoms with Crippen molar-refractivity contribution in [1.29, 1.82) is 0 Å². The number of amides is 1. The van der Waals surface area contributed by atoms with Crippen molar-refractivity contribution in [3.05, 3.63) is 100 Å². The second-order valence-electron chi connectivity index (χ2n) is 12.3. The number of anilines is 1. The molecule has 12 heteroatoms. The largest absolute Gasteiger partial charge is 0.496 e. The molecular formula is C36H40Cl2N8O2. The molecule has 1 aromatic heterocycles. The molecule has 48 heavy (non-hydrogen) atoms. The monoisotopic (exact) mass is 686 g/mol. The molecule has 0 aliphatic carbocycles. The highest BCUT2D eigenvalue weighted by Crippen LogP contribution is 2.32. The van der Waals surface area contributed by atoms with Crippen LogP contribution in [-0.4, -0.2) is 77.9 Å². The van der Waals surface area contributed by atoms with Gasteiger partial charge in [-0.15, -0.1) is 11.7 Å². The Labute approximate surface area is 291 Å². The summed E-state index contributed by atoms with van der Waals surface area (Å²) < 4.78 is 7.76. The molecule has 3 aromatic carbocycles. The molecule has 10 nitrogen and oxygen atoms in total. The lowest BCUT2D eigenvalue weighted by Crippen LogP contribution is -2.40. The number of nitrogens with zero attached hydrogens (tertiary/aromatic N) is 7. The van der Waals surface area contributed by atoms with Crippen LogP contribution in [0.1, 0.15) is 52.7 Å². The summed E-state index contributed by atoms with van der Waals surface area (Å²) in [5.41, 5.74) is 4.43. The van der Waals surface area contributed by atoms with Crippen LogP contribution in [0.15, 0.2) is 88.8 Å². The van der Waals surface area contributed by atoms with Crippen molar-refractivity contribution in [2.75, 3.05) is 45.7 Å². The zero-order chi connectivity index (χ0) is 33.6. The summed E-state index contributed by atoms with van der Waals surface area (Å²) in [4.78, 5) is 23.0. The molecule has 0 radical (unpaired) electrons. The number of rotatable bonds is 13. The fraction of sp³-hybridized carbons (Fsp3) is 0.361. The first-order valence-electron chi connectivity index (χ1n) is 16.2. The zero-order valence-electron chi connectivity index (χ0n) is 27.2. The van der Waals surface area contributed by atoms with E-state index in [0.717, 1.165) is 67.0 Å². The van der Waals surface area contributed by atoms with E-state index < -0.39 is 0 Å². The van der Waals surface area contributed by atoms with Crippen LogP contribution in [0, 0.1) is 0 Å². The Kier molecular flexibility index (Phi) is 10.7. The highest BCUT2D eigenvalue weighted by atomic mass is 35.5. The number of carbonyl (C=O) groups excluding carboxylic acids is 1. The average Bonchev–Trinajstić information content (AvgIpc) is 3.77. The third-order valence-electron chi connectivity index (χ3n) is 9.17. The fourth-order valence-electron chi connectivity index (χ4n) is 6.51. The number of benzene rings is 3. The van der Waals surface area contributed by atoms with Gasteiger partial charge >= 0.3 is 0 Å². The number of carbonyl (C=O) groups is 1. The van der Waals surface area contributed by atoms with Crippen molar-refractivity contribution in [2.24, 2.45) is 15.4 Å². The van der Waals surface area contributed by atoms with Crippen molar-refractivity contribution in [3.63, 3.8) is 0 Å². The minimum Gasteiger partial charge on any atom is -0.496 e. The number of likely N-dealkylation sites (N-methyl/N-ethyl adjacent to an activating group) is 1. The molecular weight excluding hydrogens is 647 g/mol. The summed E-state index contributed by atoms with van der Waals surface area (Å²) >= 11 is 12.8. The Morgan fingerprint density at radius 2 is 1.94 bits per heavy atom. The van der Waals surface area contributed by atoms with E-state index in [-0.39, 0.29) is 17.9 Å². The third-order valence-corrected chi connectivity index (χ3v) is 9.91. The molecule has 3 heterocycles. The number of ether oxygens (including phenoxy) is 1. The number of nitrogens with one attached hydrogen (secondary N) is 1. The lowest BCUT2D eigenvalue weighted by Gasteiger charge is -2.34. The molecule has 2 aliphatic rings. The van der Waals surface area contributed by atoms with Gasteiger partial charge in [-0.05, 0) is 78.6 Å². The zero-order valence-corrected chi connectivity index (χ0v) is 28.7. The normalized spacial score (nSPS) is 17.1. The number of halogens is 2. The summed E-state index contributed by atoms with van der Waals surface area (Å²) in [5.74, 6) is 1.29. The molecule has 0 bridgehead atoms. The first-order valence-corrected chi connectivity index (χ1v) is 17.0. The lowest BCUT2D eigenvalue weighted by molar-refractivity contribution is 0.0778. The maximum absolute atomic E-state index is 13.9. The lowest BCUT2D eigenvalue weighted by atomic mass is 9.93. The van der Waals surface area contributed by atoms with Crippen molar-refractivity contribution >= 4 is 52.3 Å². The SMILES string of the molecule is C=CCn1c(NC2CCN(CCC(CN(C)C(=O)c3cc(C4C=NN=N4)ccc3OC)c3ccc(Cl)c(Cl)c3)CC2)nc2ccccc21. The van der Waals surface area contributed by atoms with Gasteiger partial charge in [-0.3, -0.25) is 4.79 Å². The summed E-state index contributed by atoms with van der Waals surface area (Å²) in [7, 11) is 3.39. The number of imidazole rings is 1. The van der Waals surface area contributed by atoms with E-state index in [9.17, 15) is 4.79 Å². The molecule has 0 spiro atoms. The van der Waals surface area contributed by atoms with Crippen LogP contribution in [-0.2, 0) is 6.54 Å². The van der Waals surface area contributed by atoms with Crippen molar-refractivity contribution < 1.29 is 9.53 Å². The van der Waals surface area contributed by atoms with E-state index in [2.05, 4.69) is 42.9 Å². The Morgan fingerprint density at radius 3 is 2.67 bits per heavy atom. The van der Waals surface area contributed by atoms with Gasteiger partial charge in [-0.2, -0.15) is 5.11 Å². The van der Waals surface area contributed by atoms with Gasteiger partial charge < -0.3 is 24.4 Å². The number of aromatic nitrogens is 2. The van der Waals surface area contributed by atoms with Crippen LogP contribution in [0.25, 0.3) is 11.0 Å². The standard InChI is InChI=1S/C36H40Cl2N8O2/c1-4-16-46-33-8-6-5-7-31(33)41-36(46)40-27-14-18-45(19-15-27)17-13-26(24-9-11-29(37)30(38)21-24)23-44(2)35(47)28-20-25(10-12-34(28)48-3)32-22-39-43-42-32/h4-12,20-22,26-27,32H,1,13-19,23H2,2-3H3,(H,40,41). The summed E-state index contributed by atoms with van der Waals surface area (Å²) in [6.45, 7) is 7.96. The molecule has 4 aromatic rings. The van der Waals surface area contributed by atoms with Gasteiger partial charge in [0.15, 0.2) is 0 Å². The highest BCUT2D eigenvalue weighted by molar-refractivity contribution is 6.42. The third kappa shape index (κ3) is 7.56. The molecule has 1 amide bonds. The van der Waals surface area contributed by atoms with Gasteiger partial charge in [0.1, 0.15) is 11.8 Å². The molecule has 2 unspecified atom stereocenters. The van der Waals surface area contributed by atoms with Gasteiger partial charge in [0.25, 0.3) is 5.91 Å². The molecule has 1 saturated heterocycles. The second-order valence-corrected chi connectivity index (χ2v) is 13.1.